The van der Waals surface area contributed by atoms with E-state index in [0.717, 1.165) is 42.0 Å². The fraction of sp³-hybridized carbons (Fsp3) is 0.542. The van der Waals surface area contributed by atoms with Crippen LogP contribution in [0.2, 0.25) is 0 Å². The Morgan fingerprint density at radius 2 is 2.06 bits per heavy atom. The molecule has 3 unspecified atom stereocenters. The summed E-state index contributed by atoms with van der Waals surface area (Å²) in [7, 11) is 1.85. The van der Waals surface area contributed by atoms with Gasteiger partial charge in [0.2, 0.25) is 11.6 Å². The molecule has 32 heavy (non-hydrogen) atoms. The maximum atomic E-state index is 13.3. The van der Waals surface area contributed by atoms with Crippen molar-refractivity contribution in [3.8, 4) is 10.4 Å². The maximum absolute atomic E-state index is 13.3. The molecule has 0 radical (unpaired) electrons. The topological polar surface area (TPSA) is 78.9 Å². The van der Waals surface area contributed by atoms with E-state index in [2.05, 4.69) is 60.8 Å². The first-order valence-corrected chi connectivity index (χ1v) is 12.0. The van der Waals surface area contributed by atoms with Gasteiger partial charge in [-0.2, -0.15) is 0 Å². The third kappa shape index (κ3) is 4.19. The number of amides is 1. The van der Waals surface area contributed by atoms with Crippen molar-refractivity contribution in [2.75, 3.05) is 13.6 Å². The Kier molecular flexibility index (Phi) is 6.13. The zero-order valence-electron chi connectivity index (χ0n) is 19.7. The highest BCUT2D eigenvalue weighted by atomic mass is 32.1. The maximum Gasteiger partial charge on any atom is 0.240 e. The average Bonchev–Trinajstić information content (AvgIpc) is 3.47. The van der Waals surface area contributed by atoms with Crippen LogP contribution in [0.25, 0.3) is 10.4 Å². The number of thiazole rings is 1. The van der Waals surface area contributed by atoms with E-state index in [1.54, 1.807) is 11.3 Å². The van der Waals surface area contributed by atoms with Crippen LogP contribution >= 0.6 is 11.3 Å². The Morgan fingerprint density at radius 3 is 2.66 bits per heavy atom. The lowest BCUT2D eigenvalue weighted by Gasteiger charge is -2.35. The number of nitrogens with zero attached hydrogens (tertiary/aromatic N) is 3. The van der Waals surface area contributed by atoms with Crippen LogP contribution in [-0.2, 0) is 15.4 Å². The predicted molar refractivity (Wildman–Crippen MR) is 128 cm³/mol. The number of likely N-dealkylation sites (N-methyl/N-ethyl adjacent to an activating group) is 1. The first-order valence-electron chi connectivity index (χ1n) is 11.2. The summed E-state index contributed by atoms with van der Waals surface area (Å²) in [6, 6.07) is 7.93. The van der Waals surface area contributed by atoms with Crippen molar-refractivity contribution < 1.29 is 9.63 Å². The van der Waals surface area contributed by atoms with E-state index < -0.39 is 5.72 Å². The molecule has 3 atom stereocenters. The second kappa shape index (κ2) is 8.57. The van der Waals surface area contributed by atoms with E-state index in [4.69, 9.17) is 9.83 Å². The first-order chi connectivity index (χ1) is 15.1. The molecule has 1 saturated heterocycles. The van der Waals surface area contributed by atoms with Crippen LogP contribution in [0.5, 0.6) is 0 Å². The first kappa shape index (κ1) is 22.9. The van der Waals surface area contributed by atoms with Crippen LogP contribution in [0.1, 0.15) is 51.8 Å². The normalized spacial score (nSPS) is 24.4. The van der Waals surface area contributed by atoms with Crippen molar-refractivity contribution in [3.63, 3.8) is 0 Å². The van der Waals surface area contributed by atoms with Crippen LogP contribution in [0.3, 0.4) is 0 Å². The fourth-order valence-corrected chi connectivity index (χ4v) is 5.42. The summed E-state index contributed by atoms with van der Waals surface area (Å²) < 4.78 is 0. The lowest BCUT2D eigenvalue weighted by molar-refractivity contribution is -0.135. The Bertz CT molecular complexity index is 1010. The van der Waals surface area contributed by atoms with Gasteiger partial charge in [-0.3, -0.25) is 4.79 Å². The SMILES string of the molecule is CNC(C(=O)N1CCCC1C1=NC(C)(c2ccc(-c3scnc3C)cc2)ON1)C(C)(C)C. The smallest absolute Gasteiger partial charge is 0.240 e. The van der Waals surface area contributed by atoms with E-state index in [1.165, 1.54) is 4.88 Å². The minimum atomic E-state index is -0.833. The summed E-state index contributed by atoms with van der Waals surface area (Å²) in [5, 5.41) is 3.21. The number of hydroxylamine groups is 1. The van der Waals surface area contributed by atoms with Crippen LogP contribution in [-0.4, -0.2) is 47.3 Å². The summed E-state index contributed by atoms with van der Waals surface area (Å²) in [4.78, 5) is 31.7. The fourth-order valence-electron chi connectivity index (χ4n) is 4.61. The van der Waals surface area contributed by atoms with Crippen LogP contribution in [0, 0.1) is 12.3 Å². The molecule has 172 valence electrons. The molecule has 4 rings (SSSR count). The molecular formula is C24H33N5O2S. The van der Waals surface area contributed by atoms with Gasteiger partial charge in [-0.1, -0.05) is 45.0 Å². The number of aliphatic imine (C=N–C) groups is 1. The number of carbonyl (C=O) groups excluding carboxylic acids is 1. The minimum absolute atomic E-state index is 0.0957. The molecule has 1 aromatic heterocycles. The molecule has 2 aromatic rings. The molecule has 1 fully saturated rings. The van der Waals surface area contributed by atoms with Gasteiger partial charge in [0.25, 0.3) is 0 Å². The van der Waals surface area contributed by atoms with E-state index in [1.807, 2.05) is 31.3 Å². The highest BCUT2D eigenvalue weighted by Crippen LogP contribution is 2.35. The van der Waals surface area contributed by atoms with Gasteiger partial charge in [-0.15, -0.1) is 11.3 Å². The zero-order chi connectivity index (χ0) is 23.1. The lowest BCUT2D eigenvalue weighted by atomic mass is 9.86. The van der Waals surface area contributed by atoms with Gasteiger partial charge < -0.3 is 10.2 Å². The van der Waals surface area contributed by atoms with Crippen molar-refractivity contribution in [1.29, 1.82) is 0 Å². The van der Waals surface area contributed by atoms with Crippen molar-refractivity contribution in [2.45, 2.75) is 65.3 Å². The molecule has 0 spiro atoms. The van der Waals surface area contributed by atoms with Crippen molar-refractivity contribution >= 4 is 23.1 Å². The molecule has 2 aliphatic rings. The third-order valence-electron chi connectivity index (χ3n) is 6.37. The standard InChI is InChI=1S/C24H33N5O2S/c1-15-19(32-14-26-15)16-9-11-17(12-10-16)24(5)27-21(28-31-24)18-8-7-13-29(18)22(30)20(25-6)23(2,3)4/h9-12,14,18,20,25H,7-8,13H2,1-6H3,(H,27,28). The van der Waals surface area contributed by atoms with Gasteiger partial charge >= 0.3 is 0 Å². The highest BCUT2D eigenvalue weighted by molar-refractivity contribution is 7.13. The molecule has 2 aliphatic heterocycles. The molecule has 2 N–H and O–H groups in total. The second-order valence-corrected chi connectivity index (χ2v) is 10.7. The molecule has 3 heterocycles. The zero-order valence-corrected chi connectivity index (χ0v) is 20.5. The Balaban J connectivity index is 1.55. The van der Waals surface area contributed by atoms with Gasteiger partial charge in [0.05, 0.1) is 28.2 Å². The third-order valence-corrected chi connectivity index (χ3v) is 7.35. The largest absolute Gasteiger partial charge is 0.331 e. The molecule has 0 saturated carbocycles. The number of aryl methyl sites for hydroxylation is 1. The molecule has 8 heteroatoms. The predicted octanol–water partition coefficient (Wildman–Crippen LogP) is 3.85. The van der Waals surface area contributed by atoms with Crippen molar-refractivity contribution in [3.05, 3.63) is 41.0 Å². The van der Waals surface area contributed by atoms with Crippen LogP contribution in [0.4, 0.5) is 0 Å². The number of rotatable bonds is 5. The van der Waals surface area contributed by atoms with Gasteiger partial charge in [-0.05, 0) is 44.7 Å². The van der Waals surface area contributed by atoms with Gasteiger partial charge in [0.15, 0.2) is 0 Å². The van der Waals surface area contributed by atoms with Crippen LogP contribution < -0.4 is 10.8 Å². The van der Waals surface area contributed by atoms with E-state index in [9.17, 15) is 4.79 Å². The number of likely N-dealkylation sites (tertiary alicyclic amines) is 1. The number of carbonyl (C=O) groups is 1. The number of amidine groups is 1. The summed E-state index contributed by atoms with van der Waals surface area (Å²) in [6.45, 7) is 11.0. The van der Waals surface area contributed by atoms with Crippen LogP contribution in [0.15, 0.2) is 34.8 Å². The molecule has 1 amide bonds. The summed E-state index contributed by atoms with van der Waals surface area (Å²) in [5.74, 6) is 0.842. The Morgan fingerprint density at radius 1 is 1.34 bits per heavy atom. The number of benzene rings is 1. The van der Waals surface area contributed by atoms with E-state index in [0.29, 0.717) is 0 Å². The highest BCUT2D eigenvalue weighted by Gasteiger charge is 2.43. The van der Waals surface area contributed by atoms with Crippen molar-refractivity contribution in [1.82, 2.24) is 20.7 Å². The van der Waals surface area contributed by atoms with E-state index in [-0.39, 0.29) is 23.4 Å². The molecular weight excluding hydrogens is 422 g/mol. The second-order valence-electron chi connectivity index (χ2n) is 9.81. The summed E-state index contributed by atoms with van der Waals surface area (Å²) in [6.07, 6.45) is 1.83. The Hall–Kier alpha value is -2.29. The number of nitrogens with one attached hydrogen (secondary N) is 2. The quantitative estimate of drug-likeness (QED) is 0.716. The molecule has 0 aliphatic carbocycles. The lowest BCUT2D eigenvalue weighted by Crippen LogP contribution is -2.55. The molecule has 7 nitrogen and oxygen atoms in total. The summed E-state index contributed by atoms with van der Waals surface area (Å²) in [5.41, 5.74) is 7.05. The number of hydrogen-bond acceptors (Lipinski definition) is 7. The van der Waals surface area contributed by atoms with Crippen molar-refractivity contribution in [2.24, 2.45) is 10.4 Å². The number of aromatic nitrogens is 1. The van der Waals surface area contributed by atoms with Gasteiger partial charge in [0, 0.05) is 12.1 Å². The van der Waals surface area contributed by atoms with Gasteiger partial charge in [0.1, 0.15) is 5.84 Å². The molecule has 0 bridgehead atoms. The number of hydrogen-bond donors (Lipinski definition) is 2. The molecule has 1 aromatic carbocycles. The Labute approximate surface area is 194 Å². The van der Waals surface area contributed by atoms with E-state index >= 15 is 0 Å². The summed E-state index contributed by atoms with van der Waals surface area (Å²) >= 11 is 1.64. The average molecular weight is 456 g/mol. The van der Waals surface area contributed by atoms with Gasteiger partial charge in [-0.25, -0.2) is 20.3 Å². The monoisotopic (exact) mass is 455 g/mol. The minimum Gasteiger partial charge on any atom is -0.331 e.